The van der Waals surface area contributed by atoms with Crippen LogP contribution in [0.2, 0.25) is 0 Å². The van der Waals surface area contributed by atoms with Crippen LogP contribution in [-0.2, 0) is 0 Å². The van der Waals surface area contributed by atoms with E-state index in [2.05, 4.69) is 14.9 Å². The van der Waals surface area contributed by atoms with Gasteiger partial charge in [0.2, 0.25) is 0 Å². The Morgan fingerprint density at radius 2 is 2.44 bits per heavy atom. The second kappa shape index (κ2) is 5.50. The number of hydrogen-bond donors (Lipinski definition) is 1. The molecule has 0 aliphatic carbocycles. The molecule has 4 nitrogen and oxygen atoms in total. The first-order valence-corrected chi connectivity index (χ1v) is 6.91. The van der Waals surface area contributed by atoms with Crippen molar-refractivity contribution in [2.24, 2.45) is 5.73 Å². The van der Waals surface area contributed by atoms with Gasteiger partial charge < -0.3 is 10.6 Å². The highest BCUT2D eigenvalue weighted by Crippen LogP contribution is 2.23. The lowest BCUT2D eigenvalue weighted by Gasteiger charge is -2.35. The van der Waals surface area contributed by atoms with Gasteiger partial charge in [-0.1, -0.05) is 11.8 Å². The van der Waals surface area contributed by atoms with Crippen molar-refractivity contribution in [1.29, 1.82) is 0 Å². The van der Waals surface area contributed by atoms with Gasteiger partial charge in [-0.3, -0.25) is 0 Å². The summed E-state index contributed by atoms with van der Waals surface area (Å²) < 4.78 is 0. The zero-order valence-corrected chi connectivity index (χ0v) is 10.4. The monoisotopic (exact) mass is 238 g/mol. The van der Waals surface area contributed by atoms with Gasteiger partial charge in [0.25, 0.3) is 0 Å². The SMILES string of the molecule is CSc1nccc(N2CCCC[C@H]2CN)n1. The molecule has 1 fully saturated rings. The van der Waals surface area contributed by atoms with E-state index in [1.165, 1.54) is 19.3 Å². The Kier molecular flexibility index (Phi) is 4.01. The zero-order valence-electron chi connectivity index (χ0n) is 9.59. The third kappa shape index (κ3) is 2.47. The van der Waals surface area contributed by atoms with Gasteiger partial charge in [-0.25, -0.2) is 9.97 Å². The third-order valence-electron chi connectivity index (χ3n) is 2.99. The van der Waals surface area contributed by atoms with Gasteiger partial charge in [0, 0.05) is 25.3 Å². The van der Waals surface area contributed by atoms with Crippen molar-refractivity contribution < 1.29 is 0 Å². The Labute approximate surface area is 101 Å². The van der Waals surface area contributed by atoms with E-state index in [4.69, 9.17) is 5.73 Å². The molecule has 0 aromatic carbocycles. The topological polar surface area (TPSA) is 55.0 Å². The number of anilines is 1. The van der Waals surface area contributed by atoms with Crippen LogP contribution in [-0.4, -0.2) is 35.4 Å². The Bertz CT molecular complexity index is 345. The molecular formula is C11H18N4S. The van der Waals surface area contributed by atoms with Crippen LogP contribution in [0.4, 0.5) is 5.82 Å². The summed E-state index contributed by atoms with van der Waals surface area (Å²) in [4.78, 5) is 11.1. The van der Waals surface area contributed by atoms with Crippen LogP contribution >= 0.6 is 11.8 Å². The van der Waals surface area contributed by atoms with Crippen LogP contribution in [0.5, 0.6) is 0 Å². The molecule has 0 bridgehead atoms. The van der Waals surface area contributed by atoms with Gasteiger partial charge in [-0.05, 0) is 31.6 Å². The number of rotatable bonds is 3. The lowest BCUT2D eigenvalue weighted by Crippen LogP contribution is -2.44. The summed E-state index contributed by atoms with van der Waals surface area (Å²) in [5.41, 5.74) is 5.81. The fourth-order valence-corrected chi connectivity index (χ4v) is 2.49. The van der Waals surface area contributed by atoms with Crippen molar-refractivity contribution in [3.05, 3.63) is 12.3 Å². The standard InChI is InChI=1S/C11H18N4S/c1-16-11-13-6-5-10(14-11)15-7-3-2-4-9(15)8-12/h5-6,9H,2-4,7-8,12H2,1H3/t9-/m0/s1. The summed E-state index contributed by atoms with van der Waals surface area (Å²) >= 11 is 1.58. The van der Waals surface area contributed by atoms with E-state index in [0.717, 1.165) is 17.5 Å². The first-order valence-electron chi connectivity index (χ1n) is 5.69. The van der Waals surface area contributed by atoms with Crippen LogP contribution in [0.25, 0.3) is 0 Å². The van der Waals surface area contributed by atoms with E-state index in [-0.39, 0.29) is 0 Å². The van der Waals surface area contributed by atoms with Gasteiger partial charge in [-0.2, -0.15) is 0 Å². The molecule has 0 amide bonds. The maximum Gasteiger partial charge on any atom is 0.189 e. The summed E-state index contributed by atoms with van der Waals surface area (Å²) in [5.74, 6) is 1.02. The van der Waals surface area contributed by atoms with Gasteiger partial charge in [0.1, 0.15) is 5.82 Å². The van der Waals surface area contributed by atoms with Crippen LogP contribution in [0.1, 0.15) is 19.3 Å². The Balaban J connectivity index is 2.20. The molecule has 16 heavy (non-hydrogen) atoms. The first-order chi connectivity index (χ1) is 7.85. The molecule has 5 heteroatoms. The molecule has 2 N–H and O–H groups in total. The van der Waals surface area contributed by atoms with Gasteiger partial charge in [0.05, 0.1) is 0 Å². The minimum Gasteiger partial charge on any atom is -0.352 e. The van der Waals surface area contributed by atoms with E-state index in [0.29, 0.717) is 12.6 Å². The molecule has 0 unspecified atom stereocenters. The van der Waals surface area contributed by atoms with E-state index in [9.17, 15) is 0 Å². The molecule has 1 saturated heterocycles. The van der Waals surface area contributed by atoms with Crippen molar-refractivity contribution in [2.45, 2.75) is 30.5 Å². The Hall–Kier alpha value is -0.810. The molecule has 0 saturated carbocycles. The van der Waals surface area contributed by atoms with E-state index in [1.807, 2.05) is 18.5 Å². The summed E-state index contributed by atoms with van der Waals surface area (Å²) in [6, 6.07) is 2.42. The molecule has 2 rings (SSSR count). The molecule has 1 aliphatic rings. The Morgan fingerprint density at radius 3 is 3.19 bits per heavy atom. The van der Waals surface area contributed by atoms with Crippen LogP contribution in [0.15, 0.2) is 17.4 Å². The minimum atomic E-state index is 0.443. The second-order valence-corrected chi connectivity index (χ2v) is 4.75. The second-order valence-electron chi connectivity index (χ2n) is 3.98. The van der Waals surface area contributed by atoms with Crippen molar-refractivity contribution in [2.75, 3.05) is 24.2 Å². The number of thioether (sulfide) groups is 1. The minimum absolute atomic E-state index is 0.443. The molecule has 2 heterocycles. The smallest absolute Gasteiger partial charge is 0.189 e. The molecule has 1 atom stereocenters. The fourth-order valence-electron chi connectivity index (χ4n) is 2.14. The predicted octanol–water partition coefficient (Wildman–Crippen LogP) is 1.52. The molecule has 1 aromatic heterocycles. The average Bonchev–Trinajstić information content (AvgIpc) is 2.38. The summed E-state index contributed by atoms with van der Waals surface area (Å²) in [7, 11) is 0. The number of nitrogens with two attached hydrogens (primary N) is 1. The van der Waals surface area contributed by atoms with E-state index >= 15 is 0 Å². The van der Waals surface area contributed by atoms with E-state index in [1.54, 1.807) is 11.8 Å². The maximum atomic E-state index is 5.81. The first kappa shape index (κ1) is 11.7. The van der Waals surface area contributed by atoms with Crippen LogP contribution < -0.4 is 10.6 Å². The molecule has 0 radical (unpaired) electrons. The lowest BCUT2D eigenvalue weighted by molar-refractivity contribution is 0.461. The van der Waals surface area contributed by atoms with Crippen molar-refractivity contribution in [1.82, 2.24) is 9.97 Å². The highest BCUT2D eigenvalue weighted by atomic mass is 32.2. The van der Waals surface area contributed by atoms with Crippen LogP contribution in [0.3, 0.4) is 0 Å². The van der Waals surface area contributed by atoms with Crippen molar-refractivity contribution in [3.8, 4) is 0 Å². The van der Waals surface area contributed by atoms with Crippen LogP contribution in [0, 0.1) is 0 Å². The van der Waals surface area contributed by atoms with Crippen molar-refractivity contribution in [3.63, 3.8) is 0 Å². The van der Waals surface area contributed by atoms with Gasteiger partial charge >= 0.3 is 0 Å². The highest BCUT2D eigenvalue weighted by molar-refractivity contribution is 7.98. The molecule has 0 spiro atoms. The summed E-state index contributed by atoms with van der Waals surface area (Å²) in [5, 5.41) is 0.832. The molecular weight excluding hydrogens is 220 g/mol. The zero-order chi connectivity index (χ0) is 11.4. The quantitative estimate of drug-likeness (QED) is 0.639. The number of hydrogen-bond acceptors (Lipinski definition) is 5. The fraction of sp³-hybridized carbons (Fsp3) is 0.636. The molecule has 88 valence electrons. The Morgan fingerprint density at radius 1 is 1.56 bits per heavy atom. The molecule has 1 aromatic rings. The summed E-state index contributed by atoms with van der Waals surface area (Å²) in [6.45, 7) is 1.77. The number of aromatic nitrogens is 2. The number of piperidine rings is 1. The number of nitrogens with zero attached hydrogens (tertiary/aromatic N) is 3. The largest absolute Gasteiger partial charge is 0.352 e. The molecule has 1 aliphatic heterocycles. The van der Waals surface area contributed by atoms with E-state index < -0.39 is 0 Å². The lowest BCUT2D eigenvalue weighted by atomic mass is 10.0. The normalized spacial score (nSPS) is 21.1. The van der Waals surface area contributed by atoms with Crippen molar-refractivity contribution >= 4 is 17.6 Å². The van der Waals surface area contributed by atoms with Gasteiger partial charge in [0.15, 0.2) is 5.16 Å². The average molecular weight is 238 g/mol. The summed E-state index contributed by atoms with van der Waals surface area (Å²) in [6.07, 6.45) is 7.51. The highest BCUT2D eigenvalue weighted by Gasteiger charge is 2.22. The third-order valence-corrected chi connectivity index (χ3v) is 3.56. The maximum absolute atomic E-state index is 5.81. The van der Waals surface area contributed by atoms with Gasteiger partial charge in [-0.15, -0.1) is 0 Å². The predicted molar refractivity (Wildman–Crippen MR) is 67.9 cm³/mol.